The smallest absolute Gasteiger partial charge is 0.410 e. The number of piperidine rings is 1. The van der Waals surface area contributed by atoms with Crippen molar-refractivity contribution >= 4 is 41.4 Å². The number of ether oxygens (including phenoxy) is 1. The van der Waals surface area contributed by atoms with Crippen LogP contribution in [0.25, 0.3) is 0 Å². The first-order valence-electron chi connectivity index (χ1n) is 18.8. The van der Waals surface area contributed by atoms with Crippen LogP contribution in [0.2, 0.25) is 0 Å². The standard InChI is InChI=1S/C42H54N6O8/c1-10-12-18-29(34(50)37(52)43-23-30(49)45-32(38(53)47(8)9)26-16-14-13-15-17-26)44-36(51)33-31-28(42(31,6)7)24-48(33)39(54)35(41(3,4)5)46-40(55)56-27-21-19-25(11-2)20-22-27/h2,13-17,19-22,28-29,31-33,35H,10,12,18,23-24H2,1,3-9H3,(H,43,52)(H,44,51)(H,45,49)(H,46,55)/t28?,29?,31?,32-,33-,35+/m0/s1. The van der Waals surface area contributed by atoms with Crippen molar-refractivity contribution in [1.29, 1.82) is 0 Å². The summed E-state index contributed by atoms with van der Waals surface area (Å²) in [6.07, 6.45) is 5.87. The maximum atomic E-state index is 14.3. The van der Waals surface area contributed by atoms with Crippen molar-refractivity contribution in [3.63, 3.8) is 0 Å². The number of hydrogen-bond donors (Lipinski definition) is 4. The molecule has 3 unspecified atom stereocenters. The molecule has 6 atom stereocenters. The molecule has 1 heterocycles. The van der Waals surface area contributed by atoms with Crippen molar-refractivity contribution in [1.82, 2.24) is 31.1 Å². The van der Waals surface area contributed by atoms with Gasteiger partial charge in [0.25, 0.3) is 5.91 Å². The average Bonchev–Trinajstić information content (AvgIpc) is 3.45. The number of carbonyl (C=O) groups is 7. The number of terminal acetylenes is 1. The van der Waals surface area contributed by atoms with Crippen molar-refractivity contribution in [3.8, 4) is 18.1 Å². The molecule has 0 spiro atoms. The van der Waals surface area contributed by atoms with Gasteiger partial charge in [-0.1, -0.05) is 90.6 Å². The Kier molecular flexibility index (Phi) is 13.7. The summed E-state index contributed by atoms with van der Waals surface area (Å²) >= 11 is 0. The second kappa shape index (κ2) is 17.8. The monoisotopic (exact) mass is 770 g/mol. The number of rotatable bonds is 15. The number of ketones is 1. The molecule has 1 saturated heterocycles. The molecule has 4 rings (SSSR count). The molecular weight excluding hydrogens is 716 g/mol. The zero-order valence-corrected chi connectivity index (χ0v) is 33.4. The van der Waals surface area contributed by atoms with Crippen molar-refractivity contribution in [2.45, 2.75) is 85.0 Å². The highest BCUT2D eigenvalue weighted by Crippen LogP contribution is 2.65. The molecule has 2 aliphatic rings. The summed E-state index contributed by atoms with van der Waals surface area (Å²) in [5, 5.41) is 10.4. The van der Waals surface area contributed by atoms with E-state index >= 15 is 0 Å². The van der Waals surface area contributed by atoms with Crippen LogP contribution in [-0.2, 0) is 28.8 Å². The predicted octanol–water partition coefficient (Wildman–Crippen LogP) is 2.96. The molecule has 2 aromatic carbocycles. The molecule has 56 heavy (non-hydrogen) atoms. The van der Waals surface area contributed by atoms with E-state index in [2.05, 4.69) is 27.2 Å². The van der Waals surface area contributed by atoms with Crippen molar-refractivity contribution in [2.24, 2.45) is 22.7 Å². The van der Waals surface area contributed by atoms with Crippen LogP contribution in [0.15, 0.2) is 54.6 Å². The number of carbonyl (C=O) groups excluding carboxylic acids is 7. The molecule has 4 N–H and O–H groups in total. The number of benzene rings is 2. The van der Waals surface area contributed by atoms with Crippen LogP contribution in [0.5, 0.6) is 5.75 Å². The number of unbranched alkanes of at least 4 members (excludes halogenated alkanes) is 1. The van der Waals surface area contributed by atoms with Crippen molar-refractivity contribution in [3.05, 3.63) is 65.7 Å². The lowest BCUT2D eigenvalue weighted by Gasteiger charge is -2.37. The van der Waals surface area contributed by atoms with Gasteiger partial charge in [-0.2, -0.15) is 0 Å². The van der Waals surface area contributed by atoms with Gasteiger partial charge in [-0.05, 0) is 58.9 Å². The molecule has 14 heteroatoms. The lowest BCUT2D eigenvalue weighted by molar-refractivity contribution is -0.145. The Morgan fingerprint density at radius 2 is 1.61 bits per heavy atom. The van der Waals surface area contributed by atoms with Crippen LogP contribution in [0.1, 0.15) is 78.0 Å². The SMILES string of the molecule is C#Cc1ccc(OC(=O)N[C@H](C(=O)N2CC3C([C@H]2C(=O)NC(CCCC)C(=O)C(=O)NCC(=O)N[C@H](C(=O)N(C)C)c2ccccc2)C3(C)C)C(C)(C)C)cc1. The van der Waals surface area contributed by atoms with Gasteiger partial charge in [0, 0.05) is 26.2 Å². The molecule has 2 aromatic rings. The summed E-state index contributed by atoms with van der Waals surface area (Å²) in [4.78, 5) is 96.9. The fourth-order valence-electron chi connectivity index (χ4n) is 7.24. The van der Waals surface area contributed by atoms with E-state index in [1.807, 2.05) is 20.8 Å². The first kappa shape index (κ1) is 43.0. The second-order valence-corrected chi connectivity index (χ2v) is 16.3. The lowest BCUT2D eigenvalue weighted by atomic mass is 9.85. The Bertz CT molecular complexity index is 1850. The zero-order chi connectivity index (χ0) is 41.5. The molecule has 1 aliphatic carbocycles. The fourth-order valence-corrected chi connectivity index (χ4v) is 7.24. The number of likely N-dealkylation sites (tertiary alicyclic amines) is 1. The van der Waals surface area contributed by atoms with Gasteiger partial charge < -0.3 is 35.8 Å². The summed E-state index contributed by atoms with van der Waals surface area (Å²) < 4.78 is 5.44. The summed E-state index contributed by atoms with van der Waals surface area (Å²) in [5.74, 6) is -1.69. The number of Topliss-reactive ketones (excluding diaryl/α,β-unsaturated/α-hetero) is 1. The minimum absolute atomic E-state index is 0.00451. The highest BCUT2D eigenvalue weighted by Gasteiger charge is 2.70. The second-order valence-electron chi connectivity index (χ2n) is 16.3. The largest absolute Gasteiger partial charge is 0.413 e. The van der Waals surface area contributed by atoms with E-state index in [9.17, 15) is 33.6 Å². The summed E-state index contributed by atoms with van der Waals surface area (Å²) in [7, 11) is 3.11. The Morgan fingerprint density at radius 1 is 0.964 bits per heavy atom. The number of likely N-dealkylation sites (N-methyl/N-ethyl adjacent to an activating group) is 1. The molecule has 1 saturated carbocycles. The van der Waals surface area contributed by atoms with Gasteiger partial charge in [0.15, 0.2) is 0 Å². The number of hydrogen-bond acceptors (Lipinski definition) is 8. The van der Waals surface area contributed by atoms with Crippen LogP contribution in [-0.4, -0.2) is 96.5 Å². The van der Waals surface area contributed by atoms with E-state index in [-0.39, 0.29) is 41.9 Å². The van der Waals surface area contributed by atoms with E-state index in [1.165, 1.54) is 9.80 Å². The molecule has 14 nitrogen and oxygen atoms in total. The third-order valence-electron chi connectivity index (χ3n) is 10.6. The first-order valence-corrected chi connectivity index (χ1v) is 18.8. The summed E-state index contributed by atoms with van der Waals surface area (Å²) in [6.45, 7) is 11.0. The minimum Gasteiger partial charge on any atom is -0.410 e. The molecule has 0 aromatic heterocycles. The number of nitrogens with one attached hydrogen (secondary N) is 4. The van der Waals surface area contributed by atoms with Crippen LogP contribution < -0.4 is 26.0 Å². The van der Waals surface area contributed by atoms with E-state index in [4.69, 9.17) is 11.2 Å². The van der Waals surface area contributed by atoms with Crippen molar-refractivity contribution in [2.75, 3.05) is 27.2 Å². The van der Waals surface area contributed by atoms with E-state index in [0.29, 0.717) is 24.0 Å². The molecule has 0 bridgehead atoms. The molecule has 1 aliphatic heterocycles. The van der Waals surface area contributed by atoms with Crippen LogP contribution in [0, 0.1) is 35.0 Å². The maximum absolute atomic E-state index is 14.3. The quantitative estimate of drug-likeness (QED) is 0.158. The Balaban J connectivity index is 1.46. The van der Waals surface area contributed by atoms with E-state index in [0.717, 1.165) is 0 Å². The predicted molar refractivity (Wildman–Crippen MR) is 209 cm³/mol. The summed E-state index contributed by atoms with van der Waals surface area (Å²) in [6, 6.07) is 10.6. The fraction of sp³-hybridized carbons (Fsp3) is 0.500. The minimum atomic E-state index is -1.23. The van der Waals surface area contributed by atoms with E-state index < -0.39 is 71.6 Å². The van der Waals surface area contributed by atoms with Crippen LogP contribution in [0.4, 0.5) is 4.79 Å². The molecular formula is C42H54N6O8. The summed E-state index contributed by atoms with van der Waals surface area (Å²) in [5.41, 5.74) is 0.0828. The Hall–Kier alpha value is -5.71. The van der Waals surface area contributed by atoms with Gasteiger partial charge in [-0.3, -0.25) is 28.8 Å². The highest BCUT2D eigenvalue weighted by molar-refractivity contribution is 6.38. The zero-order valence-electron chi connectivity index (χ0n) is 33.4. The van der Waals surface area contributed by atoms with Gasteiger partial charge in [-0.25, -0.2) is 4.79 Å². The third-order valence-corrected chi connectivity index (χ3v) is 10.6. The van der Waals surface area contributed by atoms with Crippen molar-refractivity contribution < 1.29 is 38.3 Å². The topological polar surface area (TPSA) is 183 Å². The Morgan fingerprint density at radius 3 is 2.18 bits per heavy atom. The maximum Gasteiger partial charge on any atom is 0.413 e. The molecule has 300 valence electrons. The molecule has 0 radical (unpaired) electrons. The first-order chi connectivity index (χ1) is 26.3. The van der Waals surface area contributed by atoms with Gasteiger partial charge in [0.2, 0.25) is 29.4 Å². The Labute approximate surface area is 328 Å². The van der Waals surface area contributed by atoms with Crippen LogP contribution in [0.3, 0.4) is 0 Å². The number of fused-ring (bicyclic) bond motifs is 1. The van der Waals surface area contributed by atoms with Gasteiger partial charge >= 0.3 is 6.09 Å². The lowest BCUT2D eigenvalue weighted by Crippen LogP contribution is -2.60. The van der Waals surface area contributed by atoms with Gasteiger partial charge in [-0.15, -0.1) is 6.42 Å². The third kappa shape index (κ3) is 10.1. The number of nitrogens with zero attached hydrogens (tertiary/aromatic N) is 2. The van der Waals surface area contributed by atoms with E-state index in [1.54, 1.807) is 89.5 Å². The van der Waals surface area contributed by atoms with Gasteiger partial charge in [0.05, 0.1) is 12.6 Å². The van der Waals surface area contributed by atoms with Gasteiger partial charge in [0.1, 0.15) is 23.9 Å². The average molecular weight is 771 g/mol. The number of amides is 6. The molecule has 2 fully saturated rings. The normalized spacial score (nSPS) is 19.5. The molecule has 6 amide bonds. The highest BCUT2D eigenvalue weighted by atomic mass is 16.6. The van der Waals surface area contributed by atoms with Crippen LogP contribution >= 0.6 is 0 Å².